The van der Waals surface area contributed by atoms with Crippen molar-refractivity contribution in [3.8, 4) is 0 Å². The molecule has 1 aromatic rings. The largest absolute Gasteiger partial charge is 0.394 e. The smallest absolute Gasteiger partial charge is 0.217 e. The summed E-state index contributed by atoms with van der Waals surface area (Å²) in [5.41, 5.74) is 0.482. The lowest BCUT2D eigenvalue weighted by Crippen LogP contribution is -2.42. The van der Waals surface area contributed by atoms with Crippen LogP contribution in [0, 0.1) is 0 Å². The number of Topliss-reactive ketones (excluding diaryl/α,β-unsaturated/α-hetero) is 1. The van der Waals surface area contributed by atoms with E-state index in [1.165, 1.54) is 6.92 Å². The highest BCUT2D eigenvalue weighted by atomic mass is 32.2. The Morgan fingerprint density at radius 2 is 1.94 bits per heavy atom. The fourth-order valence-corrected chi connectivity index (χ4v) is 1.80. The molecule has 1 aromatic carbocycles. The molecule has 0 saturated carbocycles. The Hall–Kier alpha value is -1.33. The van der Waals surface area contributed by atoms with E-state index in [1.807, 2.05) is 18.4 Å². The summed E-state index contributed by atoms with van der Waals surface area (Å²) in [7, 11) is 0. The number of rotatable bonds is 5. The first-order chi connectivity index (χ1) is 8.08. The first kappa shape index (κ1) is 13.7. The predicted molar refractivity (Wildman–Crippen MR) is 67.2 cm³/mol. The van der Waals surface area contributed by atoms with Crippen LogP contribution in [0.2, 0.25) is 0 Å². The predicted octanol–water partition coefficient (Wildman–Crippen LogP) is 1.09. The first-order valence-corrected chi connectivity index (χ1v) is 6.37. The van der Waals surface area contributed by atoms with Crippen LogP contribution in [0.4, 0.5) is 0 Å². The Morgan fingerprint density at radius 3 is 2.35 bits per heavy atom. The molecule has 4 nitrogen and oxygen atoms in total. The van der Waals surface area contributed by atoms with E-state index in [0.717, 1.165) is 4.90 Å². The Balaban J connectivity index is 2.82. The molecule has 0 heterocycles. The third-order valence-corrected chi connectivity index (χ3v) is 2.99. The standard InChI is InChI=1S/C12H15NO3S/c1-8(15)13-11(7-14)12(16)9-3-5-10(17-2)6-4-9/h3-6,11,14H,7H2,1-2H3,(H,13,15)/t11-/m0/s1. The Bertz CT molecular complexity index is 403. The highest BCUT2D eigenvalue weighted by Crippen LogP contribution is 2.15. The molecule has 17 heavy (non-hydrogen) atoms. The molecule has 5 heteroatoms. The van der Waals surface area contributed by atoms with Gasteiger partial charge in [-0.3, -0.25) is 9.59 Å². The van der Waals surface area contributed by atoms with Crippen molar-refractivity contribution >= 4 is 23.5 Å². The van der Waals surface area contributed by atoms with Crippen LogP contribution in [0.3, 0.4) is 0 Å². The zero-order valence-corrected chi connectivity index (χ0v) is 10.6. The maximum atomic E-state index is 11.9. The van der Waals surface area contributed by atoms with Gasteiger partial charge in [-0.1, -0.05) is 12.1 Å². The van der Waals surface area contributed by atoms with Crippen LogP contribution in [0.5, 0.6) is 0 Å². The lowest BCUT2D eigenvalue weighted by atomic mass is 10.0. The van der Waals surface area contributed by atoms with E-state index in [0.29, 0.717) is 5.56 Å². The fourth-order valence-electron chi connectivity index (χ4n) is 1.40. The minimum absolute atomic E-state index is 0.282. The molecule has 1 rings (SSSR count). The molecule has 0 fully saturated rings. The Labute approximate surface area is 104 Å². The number of aliphatic hydroxyl groups is 1. The minimum Gasteiger partial charge on any atom is -0.394 e. The van der Waals surface area contributed by atoms with E-state index in [1.54, 1.807) is 23.9 Å². The van der Waals surface area contributed by atoms with Crippen molar-refractivity contribution in [3.63, 3.8) is 0 Å². The maximum Gasteiger partial charge on any atom is 0.217 e. The van der Waals surface area contributed by atoms with Crippen LogP contribution in [0.1, 0.15) is 17.3 Å². The average Bonchev–Trinajstić information content (AvgIpc) is 2.35. The maximum absolute atomic E-state index is 11.9. The van der Waals surface area contributed by atoms with E-state index >= 15 is 0 Å². The van der Waals surface area contributed by atoms with E-state index in [-0.39, 0.29) is 11.7 Å². The van der Waals surface area contributed by atoms with Crippen molar-refractivity contribution in [2.24, 2.45) is 0 Å². The van der Waals surface area contributed by atoms with Gasteiger partial charge in [0.2, 0.25) is 5.91 Å². The second-order valence-electron chi connectivity index (χ2n) is 3.53. The van der Waals surface area contributed by atoms with Crippen molar-refractivity contribution in [1.29, 1.82) is 0 Å². The Morgan fingerprint density at radius 1 is 1.35 bits per heavy atom. The molecule has 0 aliphatic heterocycles. The number of hydrogen-bond donors (Lipinski definition) is 2. The molecular weight excluding hydrogens is 238 g/mol. The van der Waals surface area contributed by atoms with Crippen LogP contribution < -0.4 is 5.32 Å². The highest BCUT2D eigenvalue weighted by molar-refractivity contribution is 7.98. The van der Waals surface area contributed by atoms with Gasteiger partial charge < -0.3 is 10.4 Å². The lowest BCUT2D eigenvalue weighted by molar-refractivity contribution is -0.119. The van der Waals surface area contributed by atoms with E-state index in [2.05, 4.69) is 5.32 Å². The number of thioether (sulfide) groups is 1. The van der Waals surface area contributed by atoms with Crippen molar-refractivity contribution in [2.75, 3.05) is 12.9 Å². The van der Waals surface area contributed by atoms with Crippen molar-refractivity contribution in [1.82, 2.24) is 5.32 Å². The molecular formula is C12H15NO3S. The summed E-state index contributed by atoms with van der Waals surface area (Å²) in [6.07, 6.45) is 1.95. The van der Waals surface area contributed by atoms with Gasteiger partial charge in [0.15, 0.2) is 5.78 Å². The molecule has 0 aliphatic carbocycles. The number of carbonyl (C=O) groups excluding carboxylic acids is 2. The Kier molecular flexibility index (Phi) is 5.18. The van der Waals surface area contributed by atoms with Gasteiger partial charge in [-0.05, 0) is 18.4 Å². The summed E-state index contributed by atoms with van der Waals surface area (Å²) in [6.45, 7) is 0.912. The van der Waals surface area contributed by atoms with Gasteiger partial charge >= 0.3 is 0 Å². The first-order valence-electron chi connectivity index (χ1n) is 5.14. The molecule has 92 valence electrons. The molecule has 0 bridgehead atoms. The molecule has 2 N–H and O–H groups in total. The van der Waals surface area contributed by atoms with Crippen molar-refractivity contribution in [3.05, 3.63) is 29.8 Å². The van der Waals surface area contributed by atoms with Crippen LogP contribution in [-0.2, 0) is 4.79 Å². The van der Waals surface area contributed by atoms with E-state index in [9.17, 15) is 9.59 Å². The number of amides is 1. The average molecular weight is 253 g/mol. The van der Waals surface area contributed by atoms with Crippen molar-refractivity contribution in [2.45, 2.75) is 17.9 Å². The molecule has 1 atom stereocenters. The molecule has 0 radical (unpaired) electrons. The molecule has 1 amide bonds. The summed E-state index contributed by atoms with van der Waals surface area (Å²) < 4.78 is 0. The van der Waals surface area contributed by atoms with Crippen LogP contribution in [0.25, 0.3) is 0 Å². The van der Waals surface area contributed by atoms with Gasteiger partial charge in [-0.15, -0.1) is 11.8 Å². The van der Waals surface area contributed by atoms with Gasteiger partial charge in [-0.2, -0.15) is 0 Å². The second kappa shape index (κ2) is 6.42. The lowest BCUT2D eigenvalue weighted by Gasteiger charge is -2.13. The van der Waals surface area contributed by atoms with Gasteiger partial charge in [0.1, 0.15) is 6.04 Å². The van der Waals surface area contributed by atoms with Gasteiger partial charge in [0.25, 0.3) is 0 Å². The minimum atomic E-state index is -0.868. The summed E-state index contributed by atoms with van der Waals surface area (Å²) in [6, 6.07) is 6.19. The van der Waals surface area contributed by atoms with Crippen LogP contribution in [-0.4, -0.2) is 35.7 Å². The number of aliphatic hydroxyl groups excluding tert-OH is 1. The summed E-state index contributed by atoms with van der Waals surface area (Å²) >= 11 is 1.58. The molecule has 0 unspecified atom stereocenters. The molecule has 0 saturated heterocycles. The fraction of sp³-hybridized carbons (Fsp3) is 0.333. The SMILES string of the molecule is CSc1ccc(C(=O)[C@H](CO)NC(C)=O)cc1. The number of benzene rings is 1. The van der Waals surface area contributed by atoms with Crippen LogP contribution in [0.15, 0.2) is 29.2 Å². The molecule has 0 aromatic heterocycles. The van der Waals surface area contributed by atoms with E-state index < -0.39 is 12.6 Å². The summed E-state index contributed by atoms with van der Waals surface area (Å²) in [5, 5.41) is 11.5. The summed E-state index contributed by atoms with van der Waals surface area (Å²) in [5.74, 6) is -0.617. The zero-order valence-electron chi connectivity index (χ0n) is 9.77. The number of hydrogen-bond acceptors (Lipinski definition) is 4. The number of carbonyl (C=O) groups is 2. The second-order valence-corrected chi connectivity index (χ2v) is 4.41. The van der Waals surface area contributed by atoms with Gasteiger partial charge in [-0.25, -0.2) is 0 Å². The number of nitrogens with one attached hydrogen (secondary N) is 1. The monoisotopic (exact) mass is 253 g/mol. The molecule has 0 spiro atoms. The topological polar surface area (TPSA) is 66.4 Å². The third kappa shape index (κ3) is 3.87. The highest BCUT2D eigenvalue weighted by Gasteiger charge is 2.19. The zero-order chi connectivity index (χ0) is 12.8. The van der Waals surface area contributed by atoms with Gasteiger partial charge in [0, 0.05) is 17.4 Å². The van der Waals surface area contributed by atoms with Crippen LogP contribution >= 0.6 is 11.8 Å². The summed E-state index contributed by atoms with van der Waals surface area (Å²) in [4.78, 5) is 23.9. The van der Waals surface area contributed by atoms with E-state index in [4.69, 9.17) is 5.11 Å². The quantitative estimate of drug-likeness (QED) is 0.609. The van der Waals surface area contributed by atoms with Crippen molar-refractivity contribution < 1.29 is 14.7 Å². The van der Waals surface area contributed by atoms with Gasteiger partial charge in [0.05, 0.1) is 6.61 Å². The third-order valence-electron chi connectivity index (χ3n) is 2.25. The number of ketones is 1. The molecule has 0 aliphatic rings. The normalized spacial score (nSPS) is 11.9.